The molecule has 0 unspecified atom stereocenters. The fraction of sp³-hybridized carbons (Fsp3) is 0.400. The van der Waals surface area contributed by atoms with Gasteiger partial charge in [-0.2, -0.15) is 0 Å². The molecule has 3 rings (SSSR count). The minimum Gasteiger partial charge on any atom is -0.496 e. The highest BCUT2D eigenvalue weighted by Crippen LogP contribution is 2.30. The van der Waals surface area contributed by atoms with Gasteiger partial charge in [0.2, 0.25) is 5.91 Å². The van der Waals surface area contributed by atoms with Crippen molar-refractivity contribution in [3.8, 4) is 5.75 Å². The third-order valence-corrected chi connectivity index (χ3v) is 7.22. The molecule has 10 nitrogen and oxygen atoms in total. The zero-order valence-electron chi connectivity index (χ0n) is 21.6. The van der Waals surface area contributed by atoms with Crippen molar-refractivity contribution in [2.45, 2.75) is 52.7 Å². The second kappa shape index (κ2) is 10.3. The zero-order chi connectivity index (χ0) is 27.8. The molecule has 2 N–H and O–H groups in total. The number of hydrogen-bond acceptors (Lipinski definition) is 8. The number of carbonyl (C=O) groups excluding carboxylic acids is 2. The number of amides is 1. The molecule has 2 aromatic heterocycles. The van der Waals surface area contributed by atoms with Crippen LogP contribution >= 0.6 is 11.3 Å². The van der Waals surface area contributed by atoms with Crippen LogP contribution < -0.4 is 21.3 Å². The van der Waals surface area contributed by atoms with Crippen molar-refractivity contribution in [3.63, 3.8) is 0 Å². The number of halogens is 1. The molecular weight excluding hydrogens is 503 g/mol. The number of benzene rings is 1. The van der Waals surface area contributed by atoms with E-state index in [1.54, 1.807) is 20.8 Å². The normalized spacial score (nSPS) is 11.6. The van der Waals surface area contributed by atoms with E-state index in [1.165, 1.54) is 40.2 Å². The van der Waals surface area contributed by atoms with Gasteiger partial charge < -0.3 is 20.2 Å². The monoisotopic (exact) mass is 532 g/mol. The van der Waals surface area contributed by atoms with Crippen LogP contribution in [0.2, 0.25) is 0 Å². The van der Waals surface area contributed by atoms with Crippen molar-refractivity contribution in [1.29, 1.82) is 5.41 Å². The Morgan fingerprint density at radius 3 is 2.43 bits per heavy atom. The van der Waals surface area contributed by atoms with Gasteiger partial charge >= 0.3 is 11.7 Å². The Labute approximate surface area is 216 Å². The number of nitrogens with one attached hydrogen (secondary N) is 2. The van der Waals surface area contributed by atoms with Crippen LogP contribution in [0.3, 0.4) is 0 Å². The first-order chi connectivity index (χ1) is 17.3. The van der Waals surface area contributed by atoms with Gasteiger partial charge in [-0.3, -0.25) is 14.2 Å². The SMILES string of the molecule is COC(=O)c1sc2c(c1C)c(=O)n(C(C)(C)C(=O)NC(C)C)c(=O)n2CC(=N)c1cc(F)ccc1OC. The lowest BCUT2D eigenvalue weighted by molar-refractivity contribution is -0.129. The maximum absolute atomic E-state index is 14.0. The first-order valence-electron chi connectivity index (χ1n) is 11.4. The summed E-state index contributed by atoms with van der Waals surface area (Å²) in [5.41, 5.74) is -3.02. The summed E-state index contributed by atoms with van der Waals surface area (Å²) >= 11 is 0.873. The predicted molar refractivity (Wildman–Crippen MR) is 139 cm³/mol. The molecule has 37 heavy (non-hydrogen) atoms. The molecule has 0 aliphatic heterocycles. The summed E-state index contributed by atoms with van der Waals surface area (Å²) in [5.74, 6) is -1.63. The molecule has 0 bridgehead atoms. The molecule has 198 valence electrons. The van der Waals surface area contributed by atoms with Crippen molar-refractivity contribution >= 4 is 39.1 Å². The molecule has 0 radical (unpaired) electrons. The molecule has 0 atom stereocenters. The van der Waals surface area contributed by atoms with Crippen molar-refractivity contribution in [2.24, 2.45) is 0 Å². The number of ether oxygens (including phenoxy) is 2. The molecule has 0 spiro atoms. The standard InChI is InChI=1S/C25H29FN4O6S/c1-12(2)28-23(33)25(4,5)30-20(31)18-13(3)19(22(32)36-7)37-21(18)29(24(30)34)11-16(27)15-10-14(26)8-9-17(15)35-6/h8-10,12,27H,11H2,1-7H3,(H,28,33). The summed E-state index contributed by atoms with van der Waals surface area (Å²) in [6, 6.07) is 3.40. The minimum absolute atomic E-state index is 0.0504. The lowest BCUT2D eigenvalue weighted by Crippen LogP contribution is -2.56. The number of esters is 1. The summed E-state index contributed by atoms with van der Waals surface area (Å²) in [6.07, 6.45) is 0. The van der Waals surface area contributed by atoms with Gasteiger partial charge in [0.25, 0.3) is 5.56 Å². The highest BCUT2D eigenvalue weighted by atomic mass is 32.1. The van der Waals surface area contributed by atoms with Gasteiger partial charge in [0.15, 0.2) is 0 Å². The molecule has 0 aliphatic carbocycles. The predicted octanol–water partition coefficient (Wildman–Crippen LogP) is 2.80. The molecule has 0 saturated heterocycles. The van der Waals surface area contributed by atoms with Crippen LogP contribution in [0.5, 0.6) is 5.75 Å². The summed E-state index contributed by atoms with van der Waals surface area (Å²) in [4.78, 5) is 53.2. The third kappa shape index (κ3) is 4.93. The minimum atomic E-state index is -1.62. The summed E-state index contributed by atoms with van der Waals surface area (Å²) in [6.45, 7) is 7.53. The van der Waals surface area contributed by atoms with E-state index in [0.717, 1.165) is 26.5 Å². The molecule has 1 aromatic carbocycles. The van der Waals surface area contributed by atoms with E-state index in [9.17, 15) is 23.6 Å². The van der Waals surface area contributed by atoms with Gasteiger partial charge in [-0.05, 0) is 58.4 Å². The first kappa shape index (κ1) is 27.8. The summed E-state index contributed by atoms with van der Waals surface area (Å²) in [5, 5.41) is 11.4. The summed E-state index contributed by atoms with van der Waals surface area (Å²) < 4.78 is 26.1. The number of rotatable bonds is 8. The number of hydrogen-bond donors (Lipinski definition) is 2. The molecule has 12 heteroatoms. The fourth-order valence-electron chi connectivity index (χ4n) is 3.97. The van der Waals surface area contributed by atoms with Gasteiger partial charge in [-0.1, -0.05) is 0 Å². The van der Waals surface area contributed by atoms with Crippen LogP contribution in [0, 0.1) is 18.2 Å². The second-order valence-corrected chi connectivity index (χ2v) is 10.2. The second-order valence-electron chi connectivity index (χ2n) is 9.25. The number of fused-ring (bicyclic) bond motifs is 1. The number of aromatic nitrogens is 2. The highest BCUT2D eigenvalue weighted by molar-refractivity contribution is 7.20. The maximum Gasteiger partial charge on any atom is 0.348 e. The third-order valence-electron chi connectivity index (χ3n) is 5.92. The molecule has 2 heterocycles. The zero-order valence-corrected chi connectivity index (χ0v) is 22.5. The quantitative estimate of drug-likeness (QED) is 0.339. The Morgan fingerprint density at radius 1 is 1.22 bits per heavy atom. The molecule has 0 saturated carbocycles. The smallest absolute Gasteiger partial charge is 0.348 e. The van der Waals surface area contributed by atoms with Gasteiger partial charge in [0, 0.05) is 11.6 Å². The lowest BCUT2D eigenvalue weighted by Gasteiger charge is -2.27. The summed E-state index contributed by atoms with van der Waals surface area (Å²) in [7, 11) is 2.57. The molecule has 0 fully saturated rings. The number of nitrogens with zero attached hydrogens (tertiary/aromatic N) is 2. The van der Waals surface area contributed by atoms with E-state index < -0.39 is 41.0 Å². The fourth-order valence-corrected chi connectivity index (χ4v) is 5.18. The number of carbonyl (C=O) groups is 2. The van der Waals surface area contributed by atoms with Crippen LogP contribution in [-0.4, -0.2) is 47.0 Å². The van der Waals surface area contributed by atoms with Crippen molar-refractivity contribution < 1.29 is 23.5 Å². The molecule has 1 amide bonds. The molecule has 0 aliphatic rings. The average molecular weight is 533 g/mol. The van der Waals surface area contributed by atoms with Crippen LogP contribution in [-0.2, 0) is 21.6 Å². The van der Waals surface area contributed by atoms with Crippen molar-refractivity contribution in [1.82, 2.24) is 14.5 Å². The van der Waals surface area contributed by atoms with Gasteiger partial charge in [0.05, 0.1) is 31.9 Å². The van der Waals surface area contributed by atoms with E-state index in [4.69, 9.17) is 14.9 Å². The molecular formula is C25H29FN4O6S. The Balaban J connectivity index is 2.37. The Kier molecular flexibility index (Phi) is 7.72. The van der Waals surface area contributed by atoms with Crippen LogP contribution in [0.4, 0.5) is 4.39 Å². The van der Waals surface area contributed by atoms with Gasteiger partial charge in [-0.15, -0.1) is 11.3 Å². The van der Waals surface area contributed by atoms with Crippen LogP contribution in [0.1, 0.15) is 48.5 Å². The number of methoxy groups -OCH3 is 2. The largest absolute Gasteiger partial charge is 0.496 e. The topological polar surface area (TPSA) is 132 Å². The number of thiophene rings is 1. The Morgan fingerprint density at radius 2 is 1.86 bits per heavy atom. The lowest BCUT2D eigenvalue weighted by atomic mass is 10.0. The highest BCUT2D eigenvalue weighted by Gasteiger charge is 2.36. The average Bonchev–Trinajstić information content (AvgIpc) is 3.17. The van der Waals surface area contributed by atoms with Crippen molar-refractivity contribution in [3.05, 3.63) is 60.9 Å². The van der Waals surface area contributed by atoms with Crippen LogP contribution in [0.15, 0.2) is 27.8 Å². The van der Waals surface area contributed by atoms with E-state index >= 15 is 0 Å². The van der Waals surface area contributed by atoms with E-state index in [1.807, 2.05) is 0 Å². The van der Waals surface area contributed by atoms with Crippen molar-refractivity contribution in [2.75, 3.05) is 14.2 Å². The number of aryl methyl sites for hydroxylation is 1. The van der Waals surface area contributed by atoms with E-state index in [-0.39, 0.29) is 43.7 Å². The van der Waals surface area contributed by atoms with E-state index in [2.05, 4.69) is 5.32 Å². The van der Waals surface area contributed by atoms with Gasteiger partial charge in [0.1, 0.15) is 26.8 Å². The first-order valence-corrected chi connectivity index (χ1v) is 12.2. The Hall–Kier alpha value is -3.80. The van der Waals surface area contributed by atoms with Crippen LogP contribution in [0.25, 0.3) is 10.2 Å². The van der Waals surface area contributed by atoms with Gasteiger partial charge in [-0.25, -0.2) is 18.5 Å². The Bertz CT molecular complexity index is 1530. The maximum atomic E-state index is 14.0. The van der Waals surface area contributed by atoms with E-state index in [0.29, 0.717) is 0 Å². The molecule has 3 aromatic rings.